The molecule has 2 heterocycles. The predicted molar refractivity (Wildman–Crippen MR) is 216 cm³/mol. The predicted octanol–water partition coefficient (Wildman–Crippen LogP) is 1.47. The van der Waals surface area contributed by atoms with Crippen molar-refractivity contribution in [2.45, 2.75) is 76.4 Å². The van der Waals surface area contributed by atoms with Gasteiger partial charge in [-0.25, -0.2) is 9.78 Å². The molecule has 19 nitrogen and oxygen atoms in total. The van der Waals surface area contributed by atoms with Crippen LogP contribution in [0.1, 0.15) is 73.7 Å². The highest BCUT2D eigenvalue weighted by molar-refractivity contribution is 5.97. The number of hydrogen-bond donors (Lipinski definition) is 8. The molecule has 0 spiro atoms. The monoisotopic (exact) mass is 820 g/mol. The van der Waals surface area contributed by atoms with E-state index in [2.05, 4.69) is 25.9 Å². The number of carboxylic acid groups (broad SMARTS) is 3. The Hall–Kier alpha value is -6.21. The minimum atomic E-state index is -1.33. The zero-order chi connectivity index (χ0) is 42.9. The summed E-state index contributed by atoms with van der Waals surface area (Å²) in [5, 5.41) is 37.0. The van der Waals surface area contributed by atoms with Gasteiger partial charge in [0.15, 0.2) is 0 Å². The van der Waals surface area contributed by atoms with Crippen LogP contribution in [0.2, 0.25) is 0 Å². The number of aromatic amines is 1. The molecule has 9 N–H and O–H groups in total. The van der Waals surface area contributed by atoms with Crippen molar-refractivity contribution in [3.05, 3.63) is 63.9 Å². The number of Topliss-reactive ketones (excluding diaryl/α,β-unsaturated/α-hetero) is 1. The summed E-state index contributed by atoms with van der Waals surface area (Å²) in [4.78, 5) is 107. The molecule has 1 aliphatic heterocycles. The number of aliphatic carboxylic acids is 3. The van der Waals surface area contributed by atoms with Crippen LogP contribution in [0.15, 0.2) is 47.3 Å². The summed E-state index contributed by atoms with van der Waals surface area (Å²) in [5.74, 6) is -4.59. The smallest absolute Gasteiger partial charge is 0.326 e. The van der Waals surface area contributed by atoms with Gasteiger partial charge in [-0.1, -0.05) is 6.07 Å². The van der Waals surface area contributed by atoms with Crippen LogP contribution in [0, 0.1) is 5.92 Å². The number of hydrogen-bond acceptors (Lipinski definition) is 13. The third-order valence-corrected chi connectivity index (χ3v) is 10.2. The van der Waals surface area contributed by atoms with E-state index in [1.165, 1.54) is 12.1 Å². The van der Waals surface area contributed by atoms with Gasteiger partial charge in [-0.15, -0.1) is 0 Å². The number of rotatable bonds is 22. The zero-order valence-electron chi connectivity index (χ0n) is 32.7. The summed E-state index contributed by atoms with van der Waals surface area (Å²) in [6, 6.07) is 9.60. The minimum absolute atomic E-state index is 0.0287. The van der Waals surface area contributed by atoms with Gasteiger partial charge in [0, 0.05) is 63.1 Å². The molecule has 2 amide bonds. The number of aldehydes is 1. The van der Waals surface area contributed by atoms with Gasteiger partial charge in [0.25, 0.3) is 11.5 Å². The van der Waals surface area contributed by atoms with Gasteiger partial charge in [-0.3, -0.25) is 43.6 Å². The quantitative estimate of drug-likeness (QED) is 0.0526. The Morgan fingerprint density at radius 2 is 1.66 bits per heavy atom. The second-order valence-electron chi connectivity index (χ2n) is 14.6. The minimum Gasteiger partial charge on any atom is -0.481 e. The van der Waals surface area contributed by atoms with E-state index in [-0.39, 0.29) is 80.4 Å². The Balaban J connectivity index is 1.15. The van der Waals surface area contributed by atoms with Gasteiger partial charge in [0.2, 0.25) is 11.9 Å². The zero-order valence-corrected chi connectivity index (χ0v) is 32.7. The topological polar surface area (TPSA) is 295 Å². The van der Waals surface area contributed by atoms with Gasteiger partial charge in [0.1, 0.15) is 18.1 Å². The van der Waals surface area contributed by atoms with Crippen LogP contribution in [-0.4, -0.2) is 128 Å². The van der Waals surface area contributed by atoms with Crippen molar-refractivity contribution in [1.82, 2.24) is 30.4 Å². The number of aromatic nitrogens is 2. The Bertz CT molecular complexity index is 1990. The van der Waals surface area contributed by atoms with E-state index in [9.17, 15) is 53.7 Å². The highest BCUT2D eigenvalue weighted by atomic mass is 16.4. The lowest BCUT2D eigenvalue weighted by atomic mass is 9.96. The van der Waals surface area contributed by atoms with Crippen LogP contribution in [-0.2, 0) is 35.3 Å². The third kappa shape index (κ3) is 15.2. The lowest BCUT2D eigenvalue weighted by Gasteiger charge is -2.29. The molecule has 0 radical (unpaired) electrons. The van der Waals surface area contributed by atoms with Gasteiger partial charge >= 0.3 is 17.9 Å². The molecule has 0 saturated carbocycles. The molecule has 2 aromatic carbocycles. The summed E-state index contributed by atoms with van der Waals surface area (Å²) in [6.45, 7) is 1.98. The second-order valence-corrected chi connectivity index (χ2v) is 14.6. The second kappa shape index (κ2) is 22.7. The van der Waals surface area contributed by atoms with Crippen molar-refractivity contribution in [1.29, 1.82) is 0 Å². The van der Waals surface area contributed by atoms with Crippen molar-refractivity contribution in [3.63, 3.8) is 0 Å². The van der Waals surface area contributed by atoms with E-state index in [1.54, 1.807) is 35.2 Å². The average Bonchev–Trinajstić information content (AvgIpc) is 3.28. The number of amides is 2. The third-order valence-electron chi connectivity index (χ3n) is 10.2. The number of carbonyl (C=O) groups is 7. The molecular formula is C40H52N8O11. The molecule has 0 aliphatic carbocycles. The van der Waals surface area contributed by atoms with E-state index in [0.717, 1.165) is 11.8 Å². The fraction of sp³-hybridized carbons (Fsp3) is 0.475. The summed E-state index contributed by atoms with van der Waals surface area (Å²) < 4.78 is 0. The first-order valence-corrected chi connectivity index (χ1v) is 19.5. The molecule has 3 atom stereocenters. The maximum atomic E-state index is 12.9. The molecule has 3 aromatic rings. The number of ketones is 1. The van der Waals surface area contributed by atoms with Crippen LogP contribution in [0.25, 0.3) is 10.9 Å². The Morgan fingerprint density at radius 1 is 0.915 bits per heavy atom. The Labute approximate surface area is 339 Å². The molecule has 318 valence electrons. The van der Waals surface area contributed by atoms with Crippen LogP contribution < -0.4 is 27.2 Å². The Morgan fingerprint density at radius 3 is 2.36 bits per heavy atom. The maximum Gasteiger partial charge on any atom is 0.326 e. The van der Waals surface area contributed by atoms with E-state index >= 15 is 0 Å². The standard InChI is InChI=1S/C40H52N8O11/c41-40-45-32-10-3-26(20-31(32)38(57)46-40)22-43-28-6-4-27(5-7-28)37(56)44-33(39(58)59)11-12-34(51)42-15-1-2-30(50)9-8-29(24-49)48-17-14-25(21-35(52)53)13-16-47(18-19-48)23-36(54)55/h3-7,10,20,24-25,29,33,43H,1-2,8-9,11-19,21-23H2,(H,42,51)(H,44,56)(H,52,53)(H,54,55)(H,58,59)(H3,41,45,46,57)/t25?,29?,33-/m0/s1. The number of nitrogens with two attached hydrogens (primary N) is 1. The van der Waals surface area contributed by atoms with Crippen molar-refractivity contribution >= 4 is 64.3 Å². The number of anilines is 2. The number of benzene rings is 2. The molecule has 1 aliphatic rings. The highest BCUT2D eigenvalue weighted by Crippen LogP contribution is 2.20. The summed E-state index contributed by atoms with van der Waals surface area (Å²) in [6.07, 6.45) is 2.20. The number of nitrogens with zero attached hydrogens (tertiary/aromatic N) is 3. The average molecular weight is 821 g/mol. The first-order valence-electron chi connectivity index (χ1n) is 19.5. The maximum absolute atomic E-state index is 12.9. The molecule has 19 heteroatoms. The molecule has 59 heavy (non-hydrogen) atoms. The van der Waals surface area contributed by atoms with Gasteiger partial charge in [0.05, 0.1) is 23.5 Å². The van der Waals surface area contributed by atoms with Crippen LogP contribution in [0.4, 0.5) is 11.6 Å². The van der Waals surface area contributed by atoms with Gasteiger partial charge in [-0.05, 0) is 93.1 Å². The highest BCUT2D eigenvalue weighted by Gasteiger charge is 2.26. The number of carboxylic acids is 3. The molecule has 2 unspecified atom stereocenters. The SMILES string of the molecule is Nc1nc2ccc(CNc3ccc(C(=O)N[C@@H](CCC(=O)NCCCC(=O)CCC(C=O)N4CCC(CC(=O)O)CCN(CC(=O)O)CC4)C(=O)O)cc3)cc2c(=O)[nH]1. The molecular weight excluding hydrogens is 768 g/mol. The van der Waals surface area contributed by atoms with E-state index in [0.29, 0.717) is 68.6 Å². The van der Waals surface area contributed by atoms with Crippen molar-refractivity contribution in [3.8, 4) is 0 Å². The summed E-state index contributed by atoms with van der Waals surface area (Å²) in [7, 11) is 0. The van der Waals surface area contributed by atoms with Crippen molar-refractivity contribution in [2.75, 3.05) is 50.3 Å². The van der Waals surface area contributed by atoms with Crippen LogP contribution in [0.5, 0.6) is 0 Å². The molecule has 0 bridgehead atoms. The lowest BCUT2D eigenvalue weighted by Crippen LogP contribution is -2.43. The largest absolute Gasteiger partial charge is 0.481 e. The van der Waals surface area contributed by atoms with Crippen LogP contribution >= 0.6 is 0 Å². The van der Waals surface area contributed by atoms with Gasteiger partial charge in [-0.2, -0.15) is 0 Å². The first kappa shape index (κ1) is 45.5. The number of carbonyl (C=O) groups excluding carboxylic acids is 4. The number of H-pyrrole nitrogens is 1. The fourth-order valence-corrected chi connectivity index (χ4v) is 6.89. The van der Waals surface area contributed by atoms with E-state index < -0.39 is 41.8 Å². The molecule has 1 fully saturated rings. The van der Waals surface area contributed by atoms with Crippen LogP contribution in [0.3, 0.4) is 0 Å². The molecule has 1 saturated heterocycles. The first-order chi connectivity index (χ1) is 28.2. The molecule has 1 aromatic heterocycles. The van der Waals surface area contributed by atoms with Crippen molar-refractivity contribution < 1.29 is 48.9 Å². The Kier molecular flexibility index (Phi) is 17.5. The van der Waals surface area contributed by atoms with Crippen molar-refractivity contribution in [2.24, 2.45) is 5.92 Å². The fourth-order valence-electron chi connectivity index (χ4n) is 6.89. The number of nitrogens with one attached hydrogen (secondary N) is 4. The summed E-state index contributed by atoms with van der Waals surface area (Å²) in [5.41, 5.74) is 7.40. The number of fused-ring (bicyclic) bond motifs is 1. The van der Waals surface area contributed by atoms with Gasteiger partial charge < -0.3 is 41.8 Å². The normalized spacial score (nSPS) is 16.1. The van der Waals surface area contributed by atoms with E-state index in [1.807, 2.05) is 4.90 Å². The molecule has 4 rings (SSSR count). The number of nitrogen functional groups attached to an aromatic ring is 1. The van der Waals surface area contributed by atoms with E-state index in [4.69, 9.17) is 5.73 Å². The lowest BCUT2D eigenvalue weighted by molar-refractivity contribution is -0.140. The summed E-state index contributed by atoms with van der Waals surface area (Å²) >= 11 is 0.